The van der Waals surface area contributed by atoms with E-state index in [1.54, 1.807) is 11.3 Å². The topological polar surface area (TPSA) is 49.3 Å². The number of thiophene rings is 1. The van der Waals surface area contributed by atoms with Gasteiger partial charge in [0.2, 0.25) is 0 Å². The van der Waals surface area contributed by atoms with Crippen LogP contribution in [0.15, 0.2) is 24.3 Å². The van der Waals surface area contributed by atoms with Gasteiger partial charge in [0.05, 0.1) is 5.56 Å². The third-order valence-electron chi connectivity index (χ3n) is 3.13. The first kappa shape index (κ1) is 14.5. The Balaban J connectivity index is 2.30. The molecule has 0 aliphatic heterocycles. The molecule has 2 aromatic rings. The van der Waals surface area contributed by atoms with Gasteiger partial charge in [-0.05, 0) is 50.6 Å². The first-order chi connectivity index (χ1) is 9.38. The third-order valence-corrected chi connectivity index (χ3v) is 4.11. The minimum absolute atomic E-state index is 0.0384. The van der Waals surface area contributed by atoms with Gasteiger partial charge in [0.25, 0.3) is 0 Å². The van der Waals surface area contributed by atoms with Gasteiger partial charge in [-0.3, -0.25) is 0 Å². The molecular weight excluding hydrogens is 277 g/mol. The standard InChI is InChI=1S/C15H16FNO2S/c1-8-6-12(10(3)20-8)9(2)17-14-5-4-11(16)7-13(14)15(18)19/h4-7,9,17H,1-3H3,(H,18,19). The number of rotatable bonds is 4. The van der Waals surface area contributed by atoms with E-state index in [9.17, 15) is 9.18 Å². The van der Waals surface area contributed by atoms with Gasteiger partial charge >= 0.3 is 5.97 Å². The molecule has 1 unspecified atom stereocenters. The summed E-state index contributed by atoms with van der Waals surface area (Å²) in [6.45, 7) is 6.03. The van der Waals surface area contributed by atoms with Crippen LogP contribution in [0.1, 0.15) is 38.6 Å². The van der Waals surface area contributed by atoms with Crippen molar-refractivity contribution in [3.63, 3.8) is 0 Å². The number of aromatic carboxylic acids is 1. The summed E-state index contributed by atoms with van der Waals surface area (Å²) in [5.41, 5.74) is 1.50. The molecule has 5 heteroatoms. The minimum Gasteiger partial charge on any atom is -0.478 e. The van der Waals surface area contributed by atoms with Gasteiger partial charge in [-0.25, -0.2) is 9.18 Å². The van der Waals surface area contributed by atoms with Crippen molar-refractivity contribution in [2.45, 2.75) is 26.8 Å². The van der Waals surface area contributed by atoms with Gasteiger partial charge in [-0.15, -0.1) is 11.3 Å². The van der Waals surface area contributed by atoms with Crippen LogP contribution in [0, 0.1) is 19.7 Å². The summed E-state index contributed by atoms with van der Waals surface area (Å²) in [5.74, 6) is -1.69. The van der Waals surface area contributed by atoms with Crippen LogP contribution in [0.2, 0.25) is 0 Å². The Morgan fingerprint density at radius 3 is 2.60 bits per heavy atom. The number of hydrogen-bond donors (Lipinski definition) is 2. The first-order valence-corrected chi connectivity index (χ1v) is 7.06. The molecule has 0 saturated carbocycles. The predicted octanol–water partition coefficient (Wildman–Crippen LogP) is 4.38. The SMILES string of the molecule is Cc1cc(C(C)Nc2ccc(F)cc2C(=O)O)c(C)s1. The lowest BCUT2D eigenvalue weighted by Crippen LogP contribution is -2.11. The number of carboxylic acids is 1. The zero-order valence-corrected chi connectivity index (χ0v) is 12.3. The van der Waals surface area contributed by atoms with Gasteiger partial charge in [-0.2, -0.15) is 0 Å². The van der Waals surface area contributed by atoms with Gasteiger partial charge in [-0.1, -0.05) is 0 Å². The molecule has 1 heterocycles. The predicted molar refractivity (Wildman–Crippen MR) is 79.2 cm³/mol. The molecular formula is C15H16FNO2S. The third kappa shape index (κ3) is 2.99. The summed E-state index contributed by atoms with van der Waals surface area (Å²) in [7, 11) is 0. The summed E-state index contributed by atoms with van der Waals surface area (Å²) in [5, 5.41) is 12.3. The van der Waals surface area contributed by atoms with E-state index in [2.05, 4.69) is 11.4 Å². The van der Waals surface area contributed by atoms with Gasteiger partial charge in [0.15, 0.2) is 0 Å². The fourth-order valence-corrected chi connectivity index (χ4v) is 3.23. The van der Waals surface area contributed by atoms with Crippen LogP contribution in [-0.2, 0) is 0 Å². The van der Waals surface area contributed by atoms with E-state index in [4.69, 9.17) is 5.11 Å². The molecule has 2 N–H and O–H groups in total. The summed E-state index contributed by atoms with van der Waals surface area (Å²) in [6, 6.07) is 5.80. The number of carbonyl (C=O) groups is 1. The largest absolute Gasteiger partial charge is 0.478 e. The monoisotopic (exact) mass is 293 g/mol. The quantitative estimate of drug-likeness (QED) is 0.879. The maximum atomic E-state index is 13.1. The second kappa shape index (κ2) is 5.63. The Morgan fingerprint density at radius 2 is 2.05 bits per heavy atom. The maximum Gasteiger partial charge on any atom is 0.337 e. The smallest absolute Gasteiger partial charge is 0.337 e. The molecule has 0 amide bonds. The highest BCUT2D eigenvalue weighted by molar-refractivity contribution is 7.12. The van der Waals surface area contributed by atoms with Crippen LogP contribution < -0.4 is 5.32 Å². The van der Waals surface area contributed by atoms with Crippen molar-refractivity contribution in [2.24, 2.45) is 0 Å². The summed E-state index contributed by atoms with van der Waals surface area (Å²) >= 11 is 1.70. The average Bonchev–Trinajstić information content (AvgIpc) is 2.70. The van der Waals surface area contributed by atoms with Gasteiger partial charge < -0.3 is 10.4 Å². The van der Waals surface area contributed by atoms with Crippen molar-refractivity contribution >= 4 is 23.0 Å². The Morgan fingerprint density at radius 1 is 1.35 bits per heavy atom. The maximum absolute atomic E-state index is 13.1. The second-order valence-corrected chi connectivity index (χ2v) is 6.19. The zero-order chi connectivity index (χ0) is 14.9. The molecule has 0 bridgehead atoms. The van der Waals surface area contributed by atoms with E-state index >= 15 is 0 Å². The fourth-order valence-electron chi connectivity index (χ4n) is 2.21. The van der Waals surface area contributed by atoms with E-state index in [1.807, 2.05) is 20.8 Å². The van der Waals surface area contributed by atoms with E-state index in [0.717, 1.165) is 11.6 Å². The van der Waals surface area contributed by atoms with Crippen molar-refractivity contribution < 1.29 is 14.3 Å². The molecule has 3 nitrogen and oxygen atoms in total. The van der Waals surface area contributed by atoms with Crippen LogP contribution in [0.25, 0.3) is 0 Å². The zero-order valence-electron chi connectivity index (χ0n) is 11.5. The molecule has 1 atom stereocenters. The normalized spacial score (nSPS) is 12.2. The van der Waals surface area contributed by atoms with E-state index < -0.39 is 11.8 Å². The molecule has 0 saturated heterocycles. The summed E-state index contributed by atoms with van der Waals surface area (Å²) in [6.07, 6.45) is 0. The average molecular weight is 293 g/mol. The van der Waals surface area contributed by atoms with Crippen LogP contribution in [0.3, 0.4) is 0 Å². The van der Waals surface area contributed by atoms with Crippen molar-refractivity contribution in [1.29, 1.82) is 0 Å². The van der Waals surface area contributed by atoms with Crippen molar-refractivity contribution in [1.82, 2.24) is 0 Å². The number of halogens is 1. The second-order valence-electron chi connectivity index (χ2n) is 4.73. The Bertz CT molecular complexity index is 651. The number of nitrogens with one attached hydrogen (secondary N) is 1. The number of anilines is 1. The van der Waals surface area contributed by atoms with E-state index in [-0.39, 0.29) is 11.6 Å². The Kier molecular flexibility index (Phi) is 4.09. The van der Waals surface area contributed by atoms with Gasteiger partial charge in [0, 0.05) is 21.5 Å². The van der Waals surface area contributed by atoms with Crippen molar-refractivity contribution in [3.05, 3.63) is 51.0 Å². The highest BCUT2D eigenvalue weighted by atomic mass is 32.1. The fraction of sp³-hybridized carbons (Fsp3) is 0.267. The van der Waals surface area contributed by atoms with E-state index in [0.29, 0.717) is 5.69 Å². The lowest BCUT2D eigenvalue weighted by Gasteiger charge is -2.17. The Hall–Kier alpha value is -1.88. The molecule has 20 heavy (non-hydrogen) atoms. The molecule has 106 valence electrons. The van der Waals surface area contributed by atoms with E-state index in [1.165, 1.54) is 21.9 Å². The lowest BCUT2D eigenvalue weighted by atomic mass is 10.1. The summed E-state index contributed by atoms with van der Waals surface area (Å²) < 4.78 is 13.1. The highest BCUT2D eigenvalue weighted by Gasteiger charge is 2.16. The summed E-state index contributed by atoms with van der Waals surface area (Å²) in [4.78, 5) is 13.6. The minimum atomic E-state index is -1.14. The lowest BCUT2D eigenvalue weighted by molar-refractivity contribution is 0.0697. The number of benzene rings is 1. The van der Waals surface area contributed by atoms with Crippen LogP contribution in [0.5, 0.6) is 0 Å². The number of carboxylic acid groups (broad SMARTS) is 1. The molecule has 2 rings (SSSR count). The molecule has 0 fully saturated rings. The molecule has 0 aliphatic carbocycles. The van der Waals surface area contributed by atoms with Crippen LogP contribution in [0.4, 0.5) is 10.1 Å². The van der Waals surface area contributed by atoms with Crippen LogP contribution >= 0.6 is 11.3 Å². The molecule has 0 spiro atoms. The van der Waals surface area contributed by atoms with Crippen molar-refractivity contribution in [3.8, 4) is 0 Å². The molecule has 1 aromatic carbocycles. The van der Waals surface area contributed by atoms with Crippen LogP contribution in [-0.4, -0.2) is 11.1 Å². The number of aryl methyl sites for hydroxylation is 2. The molecule has 0 radical (unpaired) electrons. The first-order valence-electron chi connectivity index (χ1n) is 6.25. The highest BCUT2D eigenvalue weighted by Crippen LogP contribution is 2.29. The van der Waals surface area contributed by atoms with Crippen molar-refractivity contribution in [2.75, 3.05) is 5.32 Å². The molecule has 1 aromatic heterocycles. The number of hydrogen-bond acceptors (Lipinski definition) is 3. The van der Waals surface area contributed by atoms with Gasteiger partial charge in [0.1, 0.15) is 5.82 Å². The molecule has 0 aliphatic rings. The Labute approximate surface area is 121 Å².